The summed E-state index contributed by atoms with van der Waals surface area (Å²) in [5.41, 5.74) is 0.162. The molecule has 1 N–H and O–H groups in total. The highest BCUT2D eigenvalue weighted by Gasteiger charge is 2.17. The van der Waals surface area contributed by atoms with Crippen molar-refractivity contribution in [2.24, 2.45) is 5.92 Å². The van der Waals surface area contributed by atoms with E-state index in [-0.39, 0.29) is 17.5 Å². The van der Waals surface area contributed by atoms with Crippen molar-refractivity contribution in [1.29, 1.82) is 0 Å². The number of halogens is 1. The van der Waals surface area contributed by atoms with Crippen molar-refractivity contribution in [3.05, 3.63) is 10.2 Å². The lowest BCUT2D eigenvalue weighted by atomic mass is 10.2. The second-order valence-electron chi connectivity index (χ2n) is 3.05. The summed E-state index contributed by atoms with van der Waals surface area (Å²) in [4.78, 5) is 22.1. The van der Waals surface area contributed by atoms with Gasteiger partial charge >= 0.3 is 5.97 Å². The first-order chi connectivity index (χ1) is 6.40. The number of allylic oxidation sites excluding steroid dienone is 1. The van der Waals surface area contributed by atoms with Gasteiger partial charge in [0.15, 0.2) is 0 Å². The Morgan fingerprint density at radius 2 is 1.86 bits per heavy atom. The van der Waals surface area contributed by atoms with Crippen molar-refractivity contribution >= 4 is 27.8 Å². The average molecular weight is 264 g/mol. The minimum absolute atomic E-state index is 0.107. The molecule has 0 fully saturated rings. The Morgan fingerprint density at radius 1 is 1.36 bits per heavy atom. The second-order valence-corrected chi connectivity index (χ2v) is 3.90. The third-order valence-electron chi connectivity index (χ3n) is 1.44. The molecule has 0 saturated carbocycles. The Hall–Kier alpha value is -0.840. The molecule has 0 rings (SSSR count). The van der Waals surface area contributed by atoms with Gasteiger partial charge in [-0.25, -0.2) is 4.79 Å². The first kappa shape index (κ1) is 13.2. The lowest BCUT2D eigenvalue weighted by molar-refractivity contribution is -0.137. The summed E-state index contributed by atoms with van der Waals surface area (Å²) in [6, 6.07) is 0. The van der Waals surface area contributed by atoms with Gasteiger partial charge in [-0.3, -0.25) is 4.79 Å². The van der Waals surface area contributed by atoms with Crippen molar-refractivity contribution < 1.29 is 14.3 Å². The van der Waals surface area contributed by atoms with Gasteiger partial charge in [-0.15, -0.1) is 0 Å². The van der Waals surface area contributed by atoms with E-state index in [1.807, 2.05) is 13.8 Å². The summed E-state index contributed by atoms with van der Waals surface area (Å²) >= 11 is 3.24. The molecule has 0 aromatic carbocycles. The number of amides is 1. The van der Waals surface area contributed by atoms with Crippen LogP contribution in [-0.2, 0) is 14.3 Å². The number of ether oxygens (including phenoxy) is 1. The predicted molar refractivity (Wildman–Crippen MR) is 56.6 cm³/mol. The standard InChI is InChI=1S/C9H14BrNO3/c1-5(2)7(10)8(9(13)14-4)11-6(3)12/h5H,1-4H3,(H,11,12)/b8-7+. The van der Waals surface area contributed by atoms with Gasteiger partial charge in [0.2, 0.25) is 5.91 Å². The highest BCUT2D eigenvalue weighted by Crippen LogP contribution is 2.20. The molecule has 0 bridgehead atoms. The van der Waals surface area contributed by atoms with Crippen LogP contribution >= 0.6 is 15.9 Å². The van der Waals surface area contributed by atoms with Gasteiger partial charge in [0.05, 0.1) is 7.11 Å². The quantitative estimate of drug-likeness (QED) is 0.621. The van der Waals surface area contributed by atoms with E-state index >= 15 is 0 Å². The fourth-order valence-corrected chi connectivity index (χ4v) is 1.04. The zero-order valence-corrected chi connectivity index (χ0v) is 10.3. The van der Waals surface area contributed by atoms with Crippen LogP contribution in [0.3, 0.4) is 0 Å². The number of methoxy groups -OCH3 is 1. The summed E-state index contributed by atoms with van der Waals surface area (Å²) in [5, 5.41) is 2.43. The number of hydrogen-bond acceptors (Lipinski definition) is 3. The molecule has 0 atom stereocenters. The Morgan fingerprint density at radius 3 is 2.14 bits per heavy atom. The normalized spacial score (nSPS) is 12.1. The minimum atomic E-state index is -0.555. The molecule has 80 valence electrons. The van der Waals surface area contributed by atoms with E-state index in [1.165, 1.54) is 14.0 Å². The zero-order chi connectivity index (χ0) is 11.3. The van der Waals surface area contributed by atoms with Crippen molar-refractivity contribution in [2.45, 2.75) is 20.8 Å². The van der Waals surface area contributed by atoms with E-state index in [0.717, 1.165) is 0 Å². The van der Waals surface area contributed by atoms with Gasteiger partial charge in [0.1, 0.15) is 5.70 Å². The maximum absolute atomic E-state index is 11.3. The Balaban J connectivity index is 4.98. The van der Waals surface area contributed by atoms with Crippen molar-refractivity contribution in [2.75, 3.05) is 7.11 Å². The van der Waals surface area contributed by atoms with Gasteiger partial charge in [-0.05, 0) is 5.92 Å². The third-order valence-corrected chi connectivity index (χ3v) is 2.75. The topological polar surface area (TPSA) is 55.4 Å². The van der Waals surface area contributed by atoms with Crippen LogP contribution in [0.25, 0.3) is 0 Å². The van der Waals surface area contributed by atoms with Crippen LogP contribution in [0.15, 0.2) is 10.2 Å². The number of rotatable bonds is 3. The van der Waals surface area contributed by atoms with Crippen LogP contribution in [-0.4, -0.2) is 19.0 Å². The predicted octanol–water partition coefficient (Wildman–Crippen LogP) is 1.56. The fraction of sp³-hybridized carbons (Fsp3) is 0.556. The van der Waals surface area contributed by atoms with E-state index in [4.69, 9.17) is 0 Å². The first-order valence-electron chi connectivity index (χ1n) is 4.15. The molecule has 0 aliphatic carbocycles. The summed E-state index contributed by atoms with van der Waals surface area (Å²) in [5.74, 6) is -0.750. The number of esters is 1. The van der Waals surface area contributed by atoms with Crippen LogP contribution in [0.5, 0.6) is 0 Å². The van der Waals surface area contributed by atoms with Crippen LogP contribution in [0.1, 0.15) is 20.8 Å². The highest BCUT2D eigenvalue weighted by atomic mass is 79.9. The largest absolute Gasteiger partial charge is 0.464 e. The number of hydrogen-bond donors (Lipinski definition) is 1. The molecule has 0 spiro atoms. The molecule has 1 amide bonds. The number of nitrogens with one attached hydrogen (secondary N) is 1. The van der Waals surface area contributed by atoms with E-state index in [0.29, 0.717) is 4.48 Å². The maximum Gasteiger partial charge on any atom is 0.355 e. The summed E-state index contributed by atoms with van der Waals surface area (Å²) in [6.45, 7) is 5.13. The molecule has 4 nitrogen and oxygen atoms in total. The number of carbonyl (C=O) groups excluding carboxylic acids is 2. The van der Waals surface area contributed by atoms with Gasteiger partial charge < -0.3 is 10.1 Å². The molecule has 0 saturated heterocycles. The van der Waals surface area contributed by atoms with Gasteiger partial charge in [-0.2, -0.15) is 0 Å². The molecular formula is C9H14BrNO3. The molecule has 0 unspecified atom stereocenters. The molecule has 0 aliphatic heterocycles. The third kappa shape index (κ3) is 3.91. The second kappa shape index (κ2) is 5.80. The van der Waals surface area contributed by atoms with Gasteiger partial charge in [-0.1, -0.05) is 29.8 Å². The summed E-state index contributed by atoms with van der Waals surface area (Å²) < 4.78 is 5.17. The molecule has 0 aliphatic rings. The van der Waals surface area contributed by atoms with Crippen LogP contribution in [0.4, 0.5) is 0 Å². The smallest absolute Gasteiger partial charge is 0.355 e. The molecule has 0 aromatic rings. The lowest BCUT2D eigenvalue weighted by Crippen LogP contribution is -2.27. The van der Waals surface area contributed by atoms with Gasteiger partial charge in [0.25, 0.3) is 0 Å². The summed E-state index contributed by atoms with van der Waals surface area (Å²) in [6.07, 6.45) is 0. The Labute approximate surface area is 91.8 Å². The minimum Gasteiger partial charge on any atom is -0.464 e. The van der Waals surface area contributed by atoms with E-state index < -0.39 is 5.97 Å². The molecule has 0 heterocycles. The van der Waals surface area contributed by atoms with Crippen molar-refractivity contribution in [1.82, 2.24) is 5.32 Å². The Bertz CT molecular complexity index is 271. The monoisotopic (exact) mass is 263 g/mol. The first-order valence-corrected chi connectivity index (χ1v) is 4.95. The van der Waals surface area contributed by atoms with Crippen LogP contribution in [0.2, 0.25) is 0 Å². The molecule has 14 heavy (non-hydrogen) atoms. The SMILES string of the molecule is COC(=O)/C(NC(C)=O)=C(\Br)C(C)C. The van der Waals surface area contributed by atoms with Crippen LogP contribution in [0, 0.1) is 5.92 Å². The van der Waals surface area contributed by atoms with Crippen molar-refractivity contribution in [3.8, 4) is 0 Å². The van der Waals surface area contributed by atoms with E-state index in [9.17, 15) is 9.59 Å². The lowest BCUT2D eigenvalue weighted by Gasteiger charge is -2.11. The molecule has 0 radical (unpaired) electrons. The molecule has 0 aromatic heterocycles. The summed E-state index contributed by atoms with van der Waals surface area (Å²) in [7, 11) is 1.27. The Kier molecular flexibility index (Phi) is 5.45. The maximum atomic E-state index is 11.3. The highest BCUT2D eigenvalue weighted by molar-refractivity contribution is 9.11. The van der Waals surface area contributed by atoms with E-state index in [2.05, 4.69) is 26.0 Å². The van der Waals surface area contributed by atoms with Gasteiger partial charge in [0, 0.05) is 11.4 Å². The molecule has 5 heteroatoms. The average Bonchev–Trinajstić information content (AvgIpc) is 2.11. The van der Waals surface area contributed by atoms with Crippen LogP contribution < -0.4 is 5.32 Å². The zero-order valence-electron chi connectivity index (χ0n) is 8.68. The van der Waals surface area contributed by atoms with Crippen molar-refractivity contribution in [3.63, 3.8) is 0 Å². The van der Waals surface area contributed by atoms with E-state index in [1.54, 1.807) is 0 Å². The number of carbonyl (C=O) groups is 2. The fourth-order valence-electron chi connectivity index (χ4n) is 0.775. The molecular weight excluding hydrogens is 250 g/mol.